The van der Waals surface area contributed by atoms with Gasteiger partial charge in [-0.1, -0.05) is 36.2 Å². The van der Waals surface area contributed by atoms with Gasteiger partial charge in [0.25, 0.3) is 5.91 Å². The lowest BCUT2D eigenvalue weighted by Crippen LogP contribution is -2.33. The van der Waals surface area contributed by atoms with E-state index in [1.165, 1.54) is 12.1 Å². The maximum atomic E-state index is 12.8. The van der Waals surface area contributed by atoms with Gasteiger partial charge in [0.15, 0.2) is 0 Å². The molecule has 1 aromatic rings. The van der Waals surface area contributed by atoms with Gasteiger partial charge >= 0.3 is 6.18 Å². The van der Waals surface area contributed by atoms with Gasteiger partial charge in [0.2, 0.25) is 0 Å². The third kappa shape index (κ3) is 5.34. The lowest BCUT2D eigenvalue weighted by molar-refractivity contribution is -0.138. The van der Waals surface area contributed by atoms with E-state index >= 15 is 0 Å². The topological polar surface area (TPSA) is 29.1 Å². The Labute approximate surface area is 131 Å². The highest BCUT2D eigenvalue weighted by atomic mass is 79.9. The van der Waals surface area contributed by atoms with E-state index in [4.69, 9.17) is 0 Å². The second-order valence-electron chi connectivity index (χ2n) is 5.32. The number of carbonyl (C=O) groups excluding carboxylic acids is 1. The fourth-order valence-corrected chi connectivity index (χ4v) is 2.49. The third-order valence-electron chi connectivity index (χ3n) is 3.36. The summed E-state index contributed by atoms with van der Waals surface area (Å²) in [7, 11) is 0. The van der Waals surface area contributed by atoms with Crippen molar-refractivity contribution >= 4 is 21.8 Å². The molecule has 118 valence electrons. The molecule has 0 saturated carbocycles. The van der Waals surface area contributed by atoms with E-state index < -0.39 is 17.6 Å². The summed E-state index contributed by atoms with van der Waals surface area (Å²) >= 11 is 2.86. The summed E-state index contributed by atoms with van der Waals surface area (Å²) < 4.78 is 38.4. The SMILES string of the molecule is CCC(C)CC(C)NC(=O)c1ccc(Br)c(C(F)(F)F)c1. The molecule has 0 aliphatic rings. The number of hydrogen-bond acceptors (Lipinski definition) is 1. The second-order valence-corrected chi connectivity index (χ2v) is 6.17. The van der Waals surface area contributed by atoms with Crippen LogP contribution in [0.1, 0.15) is 49.5 Å². The summed E-state index contributed by atoms with van der Waals surface area (Å²) in [5, 5.41) is 2.74. The van der Waals surface area contributed by atoms with Gasteiger partial charge in [0, 0.05) is 16.1 Å². The van der Waals surface area contributed by atoms with Crippen LogP contribution < -0.4 is 5.32 Å². The van der Waals surface area contributed by atoms with Crippen molar-refractivity contribution in [3.63, 3.8) is 0 Å². The maximum absolute atomic E-state index is 12.8. The van der Waals surface area contributed by atoms with Crippen molar-refractivity contribution < 1.29 is 18.0 Å². The first-order valence-corrected chi connectivity index (χ1v) is 7.62. The van der Waals surface area contributed by atoms with Crippen LogP contribution in [0.5, 0.6) is 0 Å². The standard InChI is InChI=1S/C15H19BrF3NO/c1-4-9(2)7-10(3)20-14(21)11-5-6-13(16)12(8-11)15(17,18)19/h5-6,8-10H,4,7H2,1-3H3,(H,20,21). The Morgan fingerprint density at radius 3 is 2.48 bits per heavy atom. The number of benzene rings is 1. The molecule has 0 heterocycles. The average molecular weight is 366 g/mol. The Balaban J connectivity index is 2.84. The lowest BCUT2D eigenvalue weighted by atomic mass is 10.00. The van der Waals surface area contributed by atoms with Crippen LogP contribution in [-0.2, 0) is 6.18 Å². The molecule has 21 heavy (non-hydrogen) atoms. The number of amides is 1. The first kappa shape index (κ1) is 18.0. The molecule has 1 N–H and O–H groups in total. The zero-order chi connectivity index (χ0) is 16.2. The smallest absolute Gasteiger partial charge is 0.350 e. The molecule has 0 bridgehead atoms. The molecule has 0 radical (unpaired) electrons. The Kier molecular flexibility index (Phi) is 6.25. The summed E-state index contributed by atoms with van der Waals surface area (Å²) in [6, 6.07) is 3.42. The summed E-state index contributed by atoms with van der Waals surface area (Å²) in [6.45, 7) is 5.99. The lowest BCUT2D eigenvalue weighted by Gasteiger charge is -2.18. The molecule has 1 rings (SSSR count). The molecule has 1 aromatic carbocycles. The molecule has 0 aromatic heterocycles. The number of hydrogen-bond donors (Lipinski definition) is 1. The van der Waals surface area contributed by atoms with Crippen LogP contribution in [0.4, 0.5) is 13.2 Å². The largest absolute Gasteiger partial charge is 0.417 e. The summed E-state index contributed by atoms with van der Waals surface area (Å²) in [5.74, 6) is -0.0280. The first-order chi connectivity index (χ1) is 9.65. The molecule has 0 spiro atoms. The van der Waals surface area contributed by atoms with Crippen LogP contribution in [0.25, 0.3) is 0 Å². The monoisotopic (exact) mass is 365 g/mol. The Bertz CT molecular complexity index is 502. The van der Waals surface area contributed by atoms with E-state index in [1.807, 2.05) is 6.92 Å². The minimum atomic E-state index is -4.49. The predicted molar refractivity (Wildman–Crippen MR) is 80.1 cm³/mol. The van der Waals surface area contributed by atoms with E-state index in [-0.39, 0.29) is 16.1 Å². The van der Waals surface area contributed by atoms with Crippen molar-refractivity contribution in [2.75, 3.05) is 0 Å². The number of alkyl halides is 3. The van der Waals surface area contributed by atoms with Gasteiger partial charge in [-0.3, -0.25) is 4.79 Å². The van der Waals surface area contributed by atoms with Crippen LogP contribution in [0.2, 0.25) is 0 Å². The van der Waals surface area contributed by atoms with Crippen molar-refractivity contribution in [1.82, 2.24) is 5.32 Å². The zero-order valence-electron chi connectivity index (χ0n) is 12.2. The van der Waals surface area contributed by atoms with E-state index in [0.717, 1.165) is 18.9 Å². The molecule has 0 saturated heterocycles. The molecule has 6 heteroatoms. The van der Waals surface area contributed by atoms with Crippen LogP contribution in [-0.4, -0.2) is 11.9 Å². The normalized spacial score (nSPS) is 14.6. The van der Waals surface area contributed by atoms with Crippen molar-refractivity contribution in [3.05, 3.63) is 33.8 Å². The van der Waals surface area contributed by atoms with Crippen LogP contribution in [0.15, 0.2) is 22.7 Å². The fourth-order valence-electron chi connectivity index (χ4n) is 2.02. The van der Waals surface area contributed by atoms with E-state index in [9.17, 15) is 18.0 Å². The van der Waals surface area contributed by atoms with Crippen molar-refractivity contribution in [1.29, 1.82) is 0 Å². The highest BCUT2D eigenvalue weighted by molar-refractivity contribution is 9.10. The molecule has 0 aliphatic carbocycles. The van der Waals surface area contributed by atoms with Gasteiger partial charge in [-0.05, 0) is 37.5 Å². The van der Waals surface area contributed by atoms with Gasteiger partial charge in [-0.2, -0.15) is 13.2 Å². The maximum Gasteiger partial charge on any atom is 0.417 e. The minimum Gasteiger partial charge on any atom is -0.350 e. The Hall–Kier alpha value is -1.04. The summed E-state index contributed by atoms with van der Waals surface area (Å²) in [6.07, 6.45) is -2.70. The van der Waals surface area contributed by atoms with Gasteiger partial charge < -0.3 is 5.32 Å². The number of nitrogens with one attached hydrogen (secondary N) is 1. The van der Waals surface area contributed by atoms with Crippen LogP contribution in [0, 0.1) is 5.92 Å². The predicted octanol–water partition coefficient (Wildman–Crippen LogP) is 5.02. The molecular weight excluding hydrogens is 347 g/mol. The third-order valence-corrected chi connectivity index (χ3v) is 4.06. The number of carbonyl (C=O) groups is 1. The van der Waals surface area contributed by atoms with Gasteiger partial charge in [0.1, 0.15) is 0 Å². The first-order valence-electron chi connectivity index (χ1n) is 6.82. The molecular formula is C15H19BrF3NO. The van der Waals surface area contributed by atoms with E-state index in [0.29, 0.717) is 5.92 Å². The highest BCUT2D eigenvalue weighted by Crippen LogP contribution is 2.35. The molecule has 0 aliphatic heterocycles. The average Bonchev–Trinajstić information content (AvgIpc) is 2.37. The molecule has 2 atom stereocenters. The van der Waals surface area contributed by atoms with Crippen LogP contribution >= 0.6 is 15.9 Å². The quantitative estimate of drug-likeness (QED) is 0.779. The Morgan fingerprint density at radius 2 is 1.95 bits per heavy atom. The van der Waals surface area contributed by atoms with Gasteiger partial charge in [0.05, 0.1) is 5.56 Å². The van der Waals surface area contributed by atoms with Crippen molar-refractivity contribution in [3.8, 4) is 0 Å². The molecule has 1 amide bonds. The van der Waals surface area contributed by atoms with Crippen molar-refractivity contribution in [2.24, 2.45) is 5.92 Å². The molecule has 2 unspecified atom stereocenters. The van der Waals surface area contributed by atoms with Gasteiger partial charge in [-0.25, -0.2) is 0 Å². The van der Waals surface area contributed by atoms with E-state index in [2.05, 4.69) is 35.1 Å². The van der Waals surface area contributed by atoms with Crippen LogP contribution in [0.3, 0.4) is 0 Å². The number of rotatable bonds is 5. The minimum absolute atomic E-state index is 0.0153. The van der Waals surface area contributed by atoms with Gasteiger partial charge in [-0.15, -0.1) is 0 Å². The molecule has 0 fully saturated rings. The van der Waals surface area contributed by atoms with E-state index in [1.54, 1.807) is 0 Å². The highest BCUT2D eigenvalue weighted by Gasteiger charge is 2.33. The summed E-state index contributed by atoms with van der Waals surface area (Å²) in [5.41, 5.74) is -0.828. The Morgan fingerprint density at radius 1 is 1.33 bits per heavy atom. The zero-order valence-corrected chi connectivity index (χ0v) is 13.8. The second kappa shape index (κ2) is 7.29. The number of halogens is 4. The van der Waals surface area contributed by atoms with Crippen molar-refractivity contribution in [2.45, 2.75) is 45.8 Å². The summed E-state index contributed by atoms with van der Waals surface area (Å²) in [4.78, 5) is 12.0. The molecule has 2 nitrogen and oxygen atoms in total. The fraction of sp³-hybridized carbons (Fsp3) is 0.533.